The maximum atomic E-state index is 15.1. The highest BCUT2D eigenvalue weighted by Gasteiger charge is 2.49. The molecule has 4 aromatic rings. The number of aliphatic hydroxyl groups is 1. The van der Waals surface area contributed by atoms with Crippen LogP contribution in [0, 0.1) is 12.7 Å². The van der Waals surface area contributed by atoms with E-state index in [9.17, 15) is 14.7 Å². The predicted octanol–water partition coefficient (Wildman–Crippen LogP) is 5.93. The number of Topliss-reactive ketones (excluding diaryl/α,β-unsaturated/α-hetero) is 1. The summed E-state index contributed by atoms with van der Waals surface area (Å²) in [5, 5.41) is 11.5. The number of nitrogens with zero attached hydrogens (tertiary/aromatic N) is 2. The van der Waals surface area contributed by atoms with Gasteiger partial charge in [-0.25, -0.2) is 9.37 Å². The molecule has 1 aliphatic rings. The minimum atomic E-state index is -1.20. The second-order valence-electron chi connectivity index (χ2n) is 10.0. The quantitative estimate of drug-likeness (QED) is 0.215. The number of aliphatic hydroxyl groups excluding tert-OH is 1. The van der Waals surface area contributed by atoms with Crippen LogP contribution in [0.25, 0.3) is 16.8 Å². The monoisotopic (exact) mass is 483 g/mol. The van der Waals surface area contributed by atoms with Crippen LogP contribution in [0.15, 0.2) is 72.3 Å². The summed E-state index contributed by atoms with van der Waals surface area (Å²) in [4.78, 5) is 35.5. The normalized spacial score (nSPS) is 17.8. The van der Waals surface area contributed by atoms with Crippen LogP contribution in [0.5, 0.6) is 0 Å². The van der Waals surface area contributed by atoms with E-state index in [4.69, 9.17) is 0 Å². The number of anilines is 1. The van der Waals surface area contributed by atoms with Gasteiger partial charge in [-0.15, -0.1) is 0 Å². The first-order valence-corrected chi connectivity index (χ1v) is 11.7. The Morgan fingerprint density at radius 3 is 2.42 bits per heavy atom. The molecule has 7 heteroatoms. The molecule has 0 aliphatic carbocycles. The number of H-pyrrole nitrogens is 1. The number of halogens is 1. The zero-order chi connectivity index (χ0) is 25.8. The molecule has 2 N–H and O–H groups in total. The predicted molar refractivity (Wildman–Crippen MR) is 137 cm³/mol. The van der Waals surface area contributed by atoms with Gasteiger partial charge in [0.25, 0.3) is 5.78 Å². The molecule has 1 unspecified atom stereocenters. The average molecular weight is 484 g/mol. The zero-order valence-electron chi connectivity index (χ0n) is 20.5. The van der Waals surface area contributed by atoms with Gasteiger partial charge in [-0.3, -0.25) is 14.5 Å². The minimum Gasteiger partial charge on any atom is -0.507 e. The number of aryl methyl sites for hydroxylation is 1. The minimum absolute atomic E-state index is 0.0864. The molecule has 1 saturated heterocycles. The highest BCUT2D eigenvalue weighted by Crippen LogP contribution is 2.43. The lowest BCUT2D eigenvalue weighted by atomic mass is 9.84. The molecule has 0 saturated carbocycles. The van der Waals surface area contributed by atoms with Crippen molar-refractivity contribution in [1.82, 2.24) is 9.97 Å². The van der Waals surface area contributed by atoms with Crippen molar-refractivity contribution in [3.05, 3.63) is 100 Å². The first-order chi connectivity index (χ1) is 17.1. The third kappa shape index (κ3) is 3.77. The third-order valence-corrected chi connectivity index (χ3v) is 6.61. The number of nitrogens with one attached hydrogen (secondary N) is 1. The molecule has 0 radical (unpaired) electrons. The molecule has 182 valence electrons. The largest absolute Gasteiger partial charge is 0.507 e. The Kier molecular flexibility index (Phi) is 5.51. The topological polar surface area (TPSA) is 86.3 Å². The summed E-state index contributed by atoms with van der Waals surface area (Å²) in [6.07, 6.45) is 0. The van der Waals surface area contributed by atoms with E-state index in [2.05, 4.69) is 9.97 Å². The highest BCUT2D eigenvalue weighted by atomic mass is 19.1. The number of imidazole rings is 1. The van der Waals surface area contributed by atoms with Gasteiger partial charge in [0.15, 0.2) is 0 Å². The molecule has 1 fully saturated rings. The van der Waals surface area contributed by atoms with E-state index < -0.39 is 23.5 Å². The lowest BCUT2D eigenvalue weighted by molar-refractivity contribution is -0.132. The van der Waals surface area contributed by atoms with Crippen LogP contribution in [0.2, 0.25) is 0 Å². The number of rotatable bonds is 3. The van der Waals surface area contributed by atoms with E-state index in [1.165, 1.54) is 18.2 Å². The Bertz CT molecular complexity index is 1530. The molecule has 1 atom stereocenters. The van der Waals surface area contributed by atoms with Crippen LogP contribution in [0.3, 0.4) is 0 Å². The molecule has 1 aliphatic heterocycles. The van der Waals surface area contributed by atoms with Gasteiger partial charge in [-0.2, -0.15) is 0 Å². The summed E-state index contributed by atoms with van der Waals surface area (Å²) in [7, 11) is 0. The smallest absolute Gasteiger partial charge is 0.302 e. The summed E-state index contributed by atoms with van der Waals surface area (Å²) in [5.41, 5.74) is 3.04. The van der Waals surface area contributed by atoms with Crippen molar-refractivity contribution in [3.63, 3.8) is 0 Å². The van der Waals surface area contributed by atoms with Gasteiger partial charge >= 0.3 is 5.91 Å². The maximum Gasteiger partial charge on any atom is 0.302 e. The van der Waals surface area contributed by atoms with E-state index in [-0.39, 0.29) is 28.3 Å². The molecule has 36 heavy (non-hydrogen) atoms. The van der Waals surface area contributed by atoms with Crippen molar-refractivity contribution in [1.29, 1.82) is 0 Å². The highest BCUT2D eigenvalue weighted by molar-refractivity contribution is 6.51. The van der Waals surface area contributed by atoms with Gasteiger partial charge in [0.1, 0.15) is 17.6 Å². The molecule has 6 nitrogen and oxygen atoms in total. The molecule has 5 rings (SSSR count). The van der Waals surface area contributed by atoms with E-state index >= 15 is 4.39 Å². The van der Waals surface area contributed by atoms with Crippen molar-refractivity contribution in [3.8, 4) is 0 Å². The van der Waals surface area contributed by atoms with Crippen molar-refractivity contribution < 1.29 is 19.1 Å². The average Bonchev–Trinajstić information content (AvgIpc) is 3.37. The fourth-order valence-electron chi connectivity index (χ4n) is 4.58. The van der Waals surface area contributed by atoms with E-state index in [1.54, 1.807) is 24.3 Å². The van der Waals surface area contributed by atoms with Crippen LogP contribution < -0.4 is 4.90 Å². The first kappa shape index (κ1) is 23.5. The Balaban J connectivity index is 1.77. The number of carbonyl (C=O) groups is 2. The third-order valence-electron chi connectivity index (χ3n) is 6.61. The number of fused-ring (bicyclic) bond motifs is 1. The van der Waals surface area contributed by atoms with E-state index in [0.717, 1.165) is 16.0 Å². The molecule has 0 spiro atoms. The summed E-state index contributed by atoms with van der Waals surface area (Å²) in [6.45, 7) is 7.94. The molecule has 3 aromatic carbocycles. The second-order valence-corrected chi connectivity index (χ2v) is 10.0. The zero-order valence-corrected chi connectivity index (χ0v) is 20.5. The molecule has 0 bridgehead atoms. The number of aromatic amines is 1. The van der Waals surface area contributed by atoms with Gasteiger partial charge in [-0.1, -0.05) is 63.2 Å². The number of ketones is 1. The number of benzene rings is 3. The van der Waals surface area contributed by atoms with Gasteiger partial charge in [0.2, 0.25) is 5.95 Å². The number of amides is 1. The molecular formula is C29H26FN3O3. The summed E-state index contributed by atoms with van der Waals surface area (Å²) < 4.78 is 15.1. The van der Waals surface area contributed by atoms with Crippen LogP contribution in [-0.2, 0) is 15.0 Å². The molecule has 1 amide bonds. The van der Waals surface area contributed by atoms with Crippen LogP contribution in [0.1, 0.15) is 49.1 Å². The van der Waals surface area contributed by atoms with Crippen LogP contribution >= 0.6 is 0 Å². The number of hydrogen-bond donors (Lipinski definition) is 2. The van der Waals surface area contributed by atoms with Gasteiger partial charge in [-0.05, 0) is 47.7 Å². The van der Waals surface area contributed by atoms with Gasteiger partial charge in [0, 0.05) is 11.1 Å². The Morgan fingerprint density at radius 1 is 1.03 bits per heavy atom. The van der Waals surface area contributed by atoms with Crippen molar-refractivity contribution in [2.24, 2.45) is 0 Å². The van der Waals surface area contributed by atoms with Gasteiger partial charge < -0.3 is 10.1 Å². The first-order valence-electron chi connectivity index (χ1n) is 11.7. The summed E-state index contributed by atoms with van der Waals surface area (Å²) >= 11 is 0. The number of para-hydroxylation sites is 2. The number of aromatic nitrogens is 2. The van der Waals surface area contributed by atoms with E-state index in [1.807, 2.05) is 52.0 Å². The lowest BCUT2D eigenvalue weighted by Gasteiger charge is -2.24. The van der Waals surface area contributed by atoms with Crippen LogP contribution in [0.4, 0.5) is 10.3 Å². The molecule has 2 heterocycles. The fourth-order valence-corrected chi connectivity index (χ4v) is 4.58. The van der Waals surface area contributed by atoms with Gasteiger partial charge in [0.05, 0.1) is 16.6 Å². The Labute approximate surface area is 208 Å². The summed E-state index contributed by atoms with van der Waals surface area (Å²) in [6, 6.07) is 17.6. The fraction of sp³-hybridized carbons (Fsp3) is 0.207. The number of carbonyl (C=O) groups excluding carboxylic acids is 2. The van der Waals surface area contributed by atoms with Crippen molar-refractivity contribution >= 4 is 34.4 Å². The standard InChI is InChI=1S/C29H26FN3O3/c1-16-13-14-17(29(2,3)4)15-19(16)25(34)23-24(18-9-5-6-10-20(18)30)33(27(36)26(23)35)28-31-21-11-7-8-12-22(21)32-28/h5-15,24,34H,1-4H3,(H,31,32)/b25-23+. The lowest BCUT2D eigenvalue weighted by Crippen LogP contribution is -2.30. The molecular weight excluding hydrogens is 457 g/mol. The van der Waals surface area contributed by atoms with Crippen molar-refractivity contribution in [2.45, 2.75) is 39.2 Å². The Morgan fingerprint density at radius 2 is 1.72 bits per heavy atom. The second kappa shape index (κ2) is 8.45. The van der Waals surface area contributed by atoms with Crippen LogP contribution in [-0.4, -0.2) is 26.8 Å². The van der Waals surface area contributed by atoms with E-state index in [0.29, 0.717) is 16.6 Å². The SMILES string of the molecule is Cc1ccc(C(C)(C)C)cc1/C(O)=C1\C(=O)C(=O)N(c2nc3ccccc3[nH]2)C1c1ccccc1F. The maximum absolute atomic E-state index is 15.1. The van der Waals surface area contributed by atoms with Crippen molar-refractivity contribution in [2.75, 3.05) is 4.90 Å². The molecule has 1 aromatic heterocycles. The number of hydrogen-bond acceptors (Lipinski definition) is 4. The Hall–Kier alpha value is -4.26. The summed E-state index contributed by atoms with van der Waals surface area (Å²) in [5.74, 6) is -2.64.